The number of hydrogen-bond acceptors (Lipinski definition) is 4. The van der Waals surface area contributed by atoms with Crippen LogP contribution in [-0.2, 0) is 6.42 Å². The molecule has 0 radical (unpaired) electrons. The maximum Gasteiger partial charge on any atom is 0.232 e. The molecule has 0 saturated carbocycles. The number of anilines is 4. The number of benzene rings is 2. The molecule has 1 aliphatic heterocycles. The van der Waals surface area contributed by atoms with Crippen LogP contribution >= 0.6 is 11.6 Å². The van der Waals surface area contributed by atoms with Crippen molar-refractivity contribution in [1.29, 1.82) is 0 Å². The first-order chi connectivity index (χ1) is 12.1. The second kappa shape index (κ2) is 6.37. The summed E-state index contributed by atoms with van der Waals surface area (Å²) < 4.78 is 0. The van der Waals surface area contributed by atoms with Gasteiger partial charge in [-0.05, 0) is 49.6 Å². The normalized spacial score (nSPS) is 13.0. The lowest BCUT2D eigenvalue weighted by Crippen LogP contribution is -2.17. The number of rotatable bonds is 3. The lowest BCUT2D eigenvalue weighted by molar-refractivity contribution is 0.931. The van der Waals surface area contributed by atoms with Gasteiger partial charge >= 0.3 is 0 Å². The molecule has 5 heteroatoms. The van der Waals surface area contributed by atoms with Crippen molar-refractivity contribution in [2.75, 3.05) is 16.8 Å². The number of aromatic nitrogens is 2. The minimum atomic E-state index is 0.701. The van der Waals surface area contributed by atoms with Crippen LogP contribution < -0.4 is 10.2 Å². The van der Waals surface area contributed by atoms with Crippen LogP contribution in [0.1, 0.15) is 16.8 Å². The van der Waals surface area contributed by atoms with Gasteiger partial charge in [-0.15, -0.1) is 0 Å². The summed E-state index contributed by atoms with van der Waals surface area (Å²) in [5.41, 5.74) is 5.54. The predicted molar refractivity (Wildman–Crippen MR) is 103 cm³/mol. The fraction of sp³-hybridized carbons (Fsp3) is 0.200. The lowest BCUT2D eigenvalue weighted by Gasteiger charge is -2.19. The maximum absolute atomic E-state index is 6.12. The van der Waals surface area contributed by atoms with Crippen LogP contribution in [-0.4, -0.2) is 16.5 Å². The molecule has 1 aromatic heterocycles. The molecule has 4 rings (SSSR count). The van der Waals surface area contributed by atoms with Crippen molar-refractivity contribution in [3.05, 3.63) is 70.4 Å². The van der Waals surface area contributed by atoms with E-state index in [-0.39, 0.29) is 0 Å². The van der Waals surface area contributed by atoms with E-state index < -0.39 is 0 Å². The summed E-state index contributed by atoms with van der Waals surface area (Å²) in [5, 5.41) is 4.08. The molecule has 4 nitrogen and oxygen atoms in total. The van der Waals surface area contributed by atoms with E-state index in [9.17, 15) is 0 Å². The van der Waals surface area contributed by atoms with Crippen molar-refractivity contribution in [2.24, 2.45) is 0 Å². The van der Waals surface area contributed by atoms with Crippen LogP contribution in [0.15, 0.2) is 48.5 Å². The minimum Gasteiger partial charge on any atom is -0.340 e. The summed E-state index contributed by atoms with van der Waals surface area (Å²) in [4.78, 5) is 11.6. The zero-order valence-corrected chi connectivity index (χ0v) is 15.0. The van der Waals surface area contributed by atoms with Gasteiger partial charge in [0.05, 0.1) is 0 Å². The van der Waals surface area contributed by atoms with Gasteiger partial charge < -0.3 is 10.2 Å². The first kappa shape index (κ1) is 15.9. The molecule has 0 atom stereocenters. The van der Waals surface area contributed by atoms with Crippen molar-refractivity contribution >= 4 is 34.7 Å². The lowest BCUT2D eigenvalue weighted by atomic mass is 10.2. The second-order valence-corrected chi connectivity index (χ2v) is 6.75. The smallest absolute Gasteiger partial charge is 0.232 e. The standard InChI is InChI=1S/C20H19ClN4/c1-13-7-8-16(21)12-17(13)23-19-11-14(2)22-20(24-19)25-10-9-15-5-3-4-6-18(15)25/h3-8,11-12H,9-10H2,1-2H3,(H,22,23,24). The molecule has 0 spiro atoms. The van der Waals surface area contributed by atoms with Gasteiger partial charge in [-0.25, -0.2) is 4.98 Å². The third-order valence-electron chi connectivity index (χ3n) is 4.43. The Hall–Kier alpha value is -2.59. The Kier molecular flexibility index (Phi) is 4.06. The van der Waals surface area contributed by atoms with E-state index in [2.05, 4.69) is 39.5 Å². The molecule has 0 fully saturated rings. The van der Waals surface area contributed by atoms with E-state index in [0.29, 0.717) is 5.02 Å². The summed E-state index contributed by atoms with van der Waals surface area (Å²) >= 11 is 6.12. The largest absolute Gasteiger partial charge is 0.340 e. The highest BCUT2D eigenvalue weighted by Gasteiger charge is 2.22. The second-order valence-electron chi connectivity index (χ2n) is 6.31. The zero-order chi connectivity index (χ0) is 17.4. The summed E-state index contributed by atoms with van der Waals surface area (Å²) in [7, 11) is 0. The molecule has 126 valence electrons. The third-order valence-corrected chi connectivity index (χ3v) is 4.67. The van der Waals surface area contributed by atoms with Crippen molar-refractivity contribution < 1.29 is 0 Å². The average Bonchev–Trinajstić information content (AvgIpc) is 3.02. The predicted octanol–water partition coefficient (Wildman–Crippen LogP) is 5.18. The molecule has 0 bridgehead atoms. The Morgan fingerprint density at radius 2 is 1.88 bits per heavy atom. The number of fused-ring (bicyclic) bond motifs is 1. The van der Waals surface area contributed by atoms with E-state index in [1.807, 2.05) is 38.1 Å². The SMILES string of the molecule is Cc1cc(Nc2cc(Cl)ccc2C)nc(N2CCc3ccccc32)n1. The maximum atomic E-state index is 6.12. The van der Waals surface area contributed by atoms with E-state index in [4.69, 9.17) is 16.6 Å². The highest BCUT2D eigenvalue weighted by Crippen LogP contribution is 2.33. The molecule has 25 heavy (non-hydrogen) atoms. The van der Waals surface area contributed by atoms with Gasteiger partial charge in [0.15, 0.2) is 0 Å². The van der Waals surface area contributed by atoms with Crippen LogP contribution in [0.25, 0.3) is 0 Å². The Labute approximate surface area is 152 Å². The number of halogens is 1. The number of nitrogens with zero attached hydrogens (tertiary/aromatic N) is 3. The van der Waals surface area contributed by atoms with Gasteiger partial charge in [0, 0.05) is 34.7 Å². The highest BCUT2D eigenvalue weighted by molar-refractivity contribution is 6.30. The average molecular weight is 351 g/mol. The van der Waals surface area contributed by atoms with Gasteiger partial charge in [0.1, 0.15) is 5.82 Å². The topological polar surface area (TPSA) is 41.1 Å². The first-order valence-corrected chi connectivity index (χ1v) is 8.72. The van der Waals surface area contributed by atoms with Crippen LogP contribution in [0, 0.1) is 13.8 Å². The molecule has 1 N–H and O–H groups in total. The summed E-state index contributed by atoms with van der Waals surface area (Å²) in [6.07, 6.45) is 1.02. The van der Waals surface area contributed by atoms with Crippen LogP contribution in [0.2, 0.25) is 5.02 Å². The molecule has 2 aromatic carbocycles. The monoisotopic (exact) mass is 350 g/mol. The van der Waals surface area contributed by atoms with Crippen LogP contribution in [0.4, 0.5) is 23.1 Å². The fourth-order valence-corrected chi connectivity index (χ4v) is 3.32. The molecule has 0 saturated heterocycles. The molecule has 3 aromatic rings. The Balaban J connectivity index is 1.69. The van der Waals surface area contributed by atoms with E-state index in [1.54, 1.807) is 0 Å². The molecule has 1 aliphatic rings. The summed E-state index contributed by atoms with van der Waals surface area (Å²) in [6, 6.07) is 16.2. The van der Waals surface area contributed by atoms with Crippen molar-refractivity contribution in [3.8, 4) is 0 Å². The van der Waals surface area contributed by atoms with Crippen molar-refractivity contribution in [2.45, 2.75) is 20.3 Å². The van der Waals surface area contributed by atoms with Gasteiger partial charge in [-0.2, -0.15) is 4.98 Å². The van der Waals surface area contributed by atoms with Gasteiger partial charge in [-0.1, -0.05) is 35.9 Å². The fourth-order valence-electron chi connectivity index (χ4n) is 3.15. The van der Waals surface area contributed by atoms with Gasteiger partial charge in [0.25, 0.3) is 0 Å². The summed E-state index contributed by atoms with van der Waals surface area (Å²) in [6.45, 7) is 4.94. The minimum absolute atomic E-state index is 0.701. The quantitative estimate of drug-likeness (QED) is 0.706. The Morgan fingerprint density at radius 1 is 1.04 bits per heavy atom. The van der Waals surface area contributed by atoms with Crippen LogP contribution in [0.3, 0.4) is 0 Å². The van der Waals surface area contributed by atoms with E-state index >= 15 is 0 Å². The number of hydrogen-bond donors (Lipinski definition) is 1. The van der Waals surface area contributed by atoms with Crippen molar-refractivity contribution in [1.82, 2.24) is 9.97 Å². The Bertz CT molecular complexity index is 939. The molecule has 0 unspecified atom stereocenters. The molecule has 0 aliphatic carbocycles. The molecular weight excluding hydrogens is 332 g/mol. The number of nitrogens with one attached hydrogen (secondary N) is 1. The first-order valence-electron chi connectivity index (χ1n) is 8.34. The molecule has 2 heterocycles. The molecule has 0 amide bonds. The van der Waals surface area contributed by atoms with Gasteiger partial charge in [-0.3, -0.25) is 0 Å². The van der Waals surface area contributed by atoms with E-state index in [1.165, 1.54) is 11.3 Å². The Morgan fingerprint density at radius 3 is 2.76 bits per heavy atom. The van der Waals surface area contributed by atoms with Crippen LogP contribution in [0.5, 0.6) is 0 Å². The molecular formula is C20H19ClN4. The van der Waals surface area contributed by atoms with E-state index in [0.717, 1.165) is 41.7 Å². The number of para-hydroxylation sites is 1. The third kappa shape index (κ3) is 3.17. The van der Waals surface area contributed by atoms with Gasteiger partial charge in [0.2, 0.25) is 5.95 Å². The zero-order valence-electron chi connectivity index (χ0n) is 14.3. The van der Waals surface area contributed by atoms with Crippen molar-refractivity contribution in [3.63, 3.8) is 0 Å². The highest BCUT2D eigenvalue weighted by atomic mass is 35.5. The summed E-state index contributed by atoms with van der Waals surface area (Å²) in [5.74, 6) is 1.50. The number of aryl methyl sites for hydroxylation is 2.